The Morgan fingerprint density at radius 2 is 2.00 bits per heavy atom. The van der Waals surface area contributed by atoms with Gasteiger partial charge in [0.1, 0.15) is 12.2 Å². The van der Waals surface area contributed by atoms with E-state index in [1.165, 1.54) is 0 Å². The van der Waals surface area contributed by atoms with Crippen molar-refractivity contribution in [1.82, 2.24) is 30.6 Å². The van der Waals surface area contributed by atoms with Crippen molar-refractivity contribution in [1.29, 1.82) is 0 Å². The van der Waals surface area contributed by atoms with Crippen LogP contribution < -0.4 is 10.9 Å². The maximum atomic E-state index is 12.2. The number of carbonyl (C=O) groups excluding carboxylic acids is 2. The van der Waals surface area contributed by atoms with Crippen molar-refractivity contribution in [2.75, 3.05) is 0 Å². The normalized spacial score (nSPS) is 10.5. The van der Waals surface area contributed by atoms with Crippen LogP contribution in [-0.2, 0) is 11.3 Å². The number of benzene rings is 1. The summed E-state index contributed by atoms with van der Waals surface area (Å²) < 4.78 is 2.61. The van der Waals surface area contributed by atoms with Gasteiger partial charge < -0.3 is 4.98 Å². The Balaban J connectivity index is 1.68. The van der Waals surface area contributed by atoms with E-state index < -0.39 is 11.8 Å². The number of aromatic nitrogens is 4. The highest BCUT2D eigenvalue weighted by atomic mass is 79.9. The molecular weight excluding hydrogens is 420 g/mol. The lowest BCUT2D eigenvalue weighted by molar-refractivity contribution is -0.122. The van der Waals surface area contributed by atoms with E-state index in [2.05, 4.69) is 42.0 Å². The van der Waals surface area contributed by atoms with Gasteiger partial charge in [0, 0.05) is 16.2 Å². The summed E-state index contributed by atoms with van der Waals surface area (Å²) in [4.78, 5) is 26.9. The number of aromatic amines is 2. The first-order valence-corrected chi connectivity index (χ1v) is 8.79. The molecule has 0 radical (unpaired) electrons. The number of nitrogens with zero attached hydrogens (tertiary/aromatic N) is 2. The Kier molecular flexibility index (Phi) is 5.33. The summed E-state index contributed by atoms with van der Waals surface area (Å²) >= 11 is 8.44. The van der Waals surface area contributed by atoms with E-state index in [1.807, 2.05) is 31.2 Å². The number of H-pyrrole nitrogens is 2. The number of rotatable bonds is 4. The summed E-state index contributed by atoms with van der Waals surface area (Å²) in [5.74, 6) is -0.349. The lowest BCUT2D eigenvalue weighted by Crippen LogP contribution is -2.43. The van der Waals surface area contributed by atoms with Crippen LogP contribution in [0.1, 0.15) is 16.1 Å². The standard InChI is InChI=1S/C16H15BrN6O2S/c1-9-2-4-10(5-3-9)14-20-22-16(26)23(14)8-13(24)19-21-15(25)12-6-11(17)7-18-12/h2-7,18H,8H2,1H3,(H,19,24)(H,21,25)(H,22,26). The van der Waals surface area contributed by atoms with Crippen LogP contribution >= 0.6 is 28.1 Å². The fourth-order valence-electron chi connectivity index (χ4n) is 2.26. The molecule has 0 unspecified atom stereocenters. The van der Waals surface area contributed by atoms with Crippen molar-refractivity contribution in [3.8, 4) is 11.4 Å². The van der Waals surface area contributed by atoms with Gasteiger partial charge in [-0.1, -0.05) is 29.8 Å². The topological polar surface area (TPSA) is 108 Å². The molecule has 0 spiro atoms. The monoisotopic (exact) mass is 434 g/mol. The van der Waals surface area contributed by atoms with Crippen LogP contribution in [0.3, 0.4) is 0 Å². The van der Waals surface area contributed by atoms with Crippen molar-refractivity contribution < 1.29 is 9.59 Å². The number of aryl methyl sites for hydroxylation is 1. The molecule has 134 valence electrons. The van der Waals surface area contributed by atoms with Gasteiger partial charge in [0.05, 0.1) is 0 Å². The van der Waals surface area contributed by atoms with Crippen molar-refractivity contribution in [3.63, 3.8) is 0 Å². The second kappa shape index (κ2) is 7.67. The SMILES string of the molecule is Cc1ccc(-c2n[nH]c(=S)n2CC(=O)NNC(=O)c2cc(Br)c[nH]2)cc1. The van der Waals surface area contributed by atoms with Gasteiger partial charge in [0.25, 0.3) is 11.8 Å². The van der Waals surface area contributed by atoms with E-state index in [0.29, 0.717) is 16.3 Å². The fraction of sp³-hybridized carbons (Fsp3) is 0.125. The van der Waals surface area contributed by atoms with Crippen molar-refractivity contribution in [2.45, 2.75) is 13.5 Å². The van der Waals surface area contributed by atoms with Gasteiger partial charge >= 0.3 is 0 Å². The molecule has 0 bridgehead atoms. The van der Waals surface area contributed by atoms with Gasteiger partial charge in [0.15, 0.2) is 10.6 Å². The number of nitrogens with one attached hydrogen (secondary N) is 4. The Morgan fingerprint density at radius 3 is 2.65 bits per heavy atom. The number of amides is 2. The maximum absolute atomic E-state index is 12.2. The Hall–Kier alpha value is -2.72. The average molecular weight is 435 g/mol. The first kappa shape index (κ1) is 18.1. The smallest absolute Gasteiger partial charge is 0.286 e. The molecule has 0 fully saturated rings. The minimum atomic E-state index is -0.460. The van der Waals surface area contributed by atoms with Gasteiger partial charge in [-0.05, 0) is 41.1 Å². The summed E-state index contributed by atoms with van der Waals surface area (Å²) in [6.07, 6.45) is 1.62. The molecule has 0 aliphatic heterocycles. The third-order valence-corrected chi connectivity index (χ3v) is 4.35. The summed E-state index contributed by atoms with van der Waals surface area (Å²) in [7, 11) is 0. The van der Waals surface area contributed by atoms with Gasteiger partial charge in [-0.25, -0.2) is 0 Å². The number of carbonyl (C=O) groups is 2. The molecule has 2 amide bonds. The Morgan fingerprint density at radius 1 is 1.27 bits per heavy atom. The van der Waals surface area contributed by atoms with E-state index >= 15 is 0 Å². The van der Waals surface area contributed by atoms with Crippen LogP contribution in [0.2, 0.25) is 0 Å². The number of halogens is 1. The first-order valence-electron chi connectivity index (χ1n) is 7.59. The van der Waals surface area contributed by atoms with Crippen molar-refractivity contribution in [2.24, 2.45) is 0 Å². The van der Waals surface area contributed by atoms with Crippen LogP contribution in [0.5, 0.6) is 0 Å². The summed E-state index contributed by atoms with van der Waals surface area (Å²) in [6, 6.07) is 9.31. The van der Waals surface area contributed by atoms with Gasteiger partial charge in [-0.2, -0.15) is 5.10 Å². The molecular formula is C16H15BrN6O2S. The van der Waals surface area contributed by atoms with E-state index in [-0.39, 0.29) is 6.54 Å². The molecule has 8 nitrogen and oxygen atoms in total. The molecule has 3 rings (SSSR count). The predicted octanol–water partition coefficient (Wildman–Crippen LogP) is 2.47. The van der Waals surface area contributed by atoms with Crippen LogP contribution in [0.4, 0.5) is 0 Å². The number of hydrazine groups is 1. The molecule has 1 aromatic carbocycles. The highest BCUT2D eigenvalue weighted by Crippen LogP contribution is 2.17. The molecule has 26 heavy (non-hydrogen) atoms. The molecule has 0 atom stereocenters. The molecule has 4 N–H and O–H groups in total. The van der Waals surface area contributed by atoms with E-state index in [9.17, 15) is 9.59 Å². The van der Waals surface area contributed by atoms with Crippen LogP contribution in [0, 0.1) is 11.7 Å². The first-order chi connectivity index (χ1) is 12.4. The third kappa shape index (κ3) is 4.09. The van der Waals surface area contributed by atoms with Gasteiger partial charge in [-0.3, -0.25) is 30.1 Å². The molecule has 2 heterocycles. The predicted molar refractivity (Wildman–Crippen MR) is 102 cm³/mol. The lowest BCUT2D eigenvalue weighted by Gasteiger charge is -2.09. The van der Waals surface area contributed by atoms with Crippen LogP contribution in [0.25, 0.3) is 11.4 Å². The summed E-state index contributed by atoms with van der Waals surface area (Å²) in [5, 5.41) is 6.87. The largest absolute Gasteiger partial charge is 0.356 e. The average Bonchev–Trinajstić information content (AvgIpc) is 3.20. The maximum Gasteiger partial charge on any atom is 0.286 e. The highest BCUT2D eigenvalue weighted by Gasteiger charge is 2.14. The zero-order valence-electron chi connectivity index (χ0n) is 13.7. The molecule has 0 saturated heterocycles. The van der Waals surface area contributed by atoms with Gasteiger partial charge in [0.2, 0.25) is 0 Å². The van der Waals surface area contributed by atoms with E-state index in [1.54, 1.807) is 16.8 Å². The molecule has 2 aromatic heterocycles. The molecule has 0 saturated carbocycles. The summed E-state index contributed by atoms with van der Waals surface area (Å²) in [6.45, 7) is 1.90. The summed E-state index contributed by atoms with van der Waals surface area (Å²) in [5.41, 5.74) is 6.97. The van der Waals surface area contributed by atoms with E-state index in [4.69, 9.17) is 12.2 Å². The zero-order valence-corrected chi connectivity index (χ0v) is 16.1. The minimum absolute atomic E-state index is 0.0900. The fourth-order valence-corrected chi connectivity index (χ4v) is 2.80. The lowest BCUT2D eigenvalue weighted by atomic mass is 10.1. The molecule has 3 aromatic rings. The van der Waals surface area contributed by atoms with E-state index in [0.717, 1.165) is 15.6 Å². The van der Waals surface area contributed by atoms with Crippen LogP contribution in [0.15, 0.2) is 41.0 Å². The number of hydrogen-bond donors (Lipinski definition) is 4. The number of hydrogen-bond acceptors (Lipinski definition) is 4. The molecule has 0 aliphatic rings. The van der Waals surface area contributed by atoms with Gasteiger partial charge in [-0.15, -0.1) is 0 Å². The van der Waals surface area contributed by atoms with Crippen LogP contribution in [-0.4, -0.2) is 31.6 Å². The second-order valence-electron chi connectivity index (χ2n) is 5.54. The highest BCUT2D eigenvalue weighted by molar-refractivity contribution is 9.10. The Labute approximate surface area is 162 Å². The van der Waals surface area contributed by atoms with Crippen molar-refractivity contribution in [3.05, 3.63) is 57.0 Å². The molecule has 10 heteroatoms. The molecule has 0 aliphatic carbocycles. The van der Waals surface area contributed by atoms with Crippen molar-refractivity contribution >= 4 is 40.0 Å². The Bertz CT molecular complexity index is 1000. The minimum Gasteiger partial charge on any atom is -0.356 e. The zero-order chi connectivity index (χ0) is 18.7. The second-order valence-corrected chi connectivity index (χ2v) is 6.84. The quantitative estimate of drug-likeness (QED) is 0.373. The third-order valence-electron chi connectivity index (χ3n) is 3.58.